The summed E-state index contributed by atoms with van der Waals surface area (Å²) in [6.45, 7) is 4.33. The Morgan fingerprint density at radius 1 is 1.17 bits per heavy atom. The van der Waals surface area contributed by atoms with E-state index in [1.165, 1.54) is 11.8 Å². The molecule has 0 amide bonds. The molecule has 0 radical (unpaired) electrons. The molecule has 2 rings (SSSR count). The molecule has 1 aliphatic rings. The minimum absolute atomic E-state index is 0.341. The first-order valence-corrected chi connectivity index (χ1v) is 12.4. The largest absolute Gasteiger partial charge is 0.370 e. The molecule has 0 saturated carbocycles. The predicted octanol–water partition coefficient (Wildman–Crippen LogP) is 5.77. The Morgan fingerprint density at radius 3 is 2.29 bits per heavy atom. The van der Waals surface area contributed by atoms with E-state index in [2.05, 4.69) is 17.4 Å². The monoisotopic (exact) mass is 403 g/mol. The van der Waals surface area contributed by atoms with Crippen molar-refractivity contribution in [3.05, 3.63) is 49.8 Å². The maximum Gasteiger partial charge on any atom is 0.370 e. The SMILES string of the molecule is CCOP(=O)(OCC)/C(SC)=C1/NC(c2ccccc2)=C(SC)S1. The van der Waals surface area contributed by atoms with Gasteiger partial charge in [-0.25, -0.2) is 0 Å². The molecule has 0 aliphatic carbocycles. The average Bonchev–Trinajstić information content (AvgIpc) is 3.00. The van der Waals surface area contributed by atoms with Gasteiger partial charge in [-0.3, -0.25) is 4.57 Å². The zero-order valence-corrected chi connectivity index (χ0v) is 17.5. The summed E-state index contributed by atoms with van der Waals surface area (Å²) < 4.78 is 26.0. The number of hydrogen-bond acceptors (Lipinski definition) is 7. The summed E-state index contributed by atoms with van der Waals surface area (Å²) in [5.74, 6) is 0. The second-order valence-corrected chi connectivity index (χ2v) is 9.80. The molecule has 1 aliphatic heterocycles. The van der Waals surface area contributed by atoms with Crippen LogP contribution in [-0.4, -0.2) is 25.7 Å². The molecule has 1 aromatic carbocycles. The highest BCUT2D eigenvalue weighted by Gasteiger charge is 2.35. The third kappa shape index (κ3) is 4.45. The minimum atomic E-state index is -3.31. The van der Waals surface area contributed by atoms with Crippen molar-refractivity contribution < 1.29 is 13.6 Å². The number of benzene rings is 1. The molecule has 0 spiro atoms. The van der Waals surface area contributed by atoms with Crippen molar-refractivity contribution in [1.82, 2.24) is 5.32 Å². The molecule has 0 unspecified atom stereocenters. The van der Waals surface area contributed by atoms with Crippen LogP contribution < -0.4 is 5.32 Å². The highest BCUT2D eigenvalue weighted by molar-refractivity contribution is 8.24. The standard InChI is InChI=1S/C16H22NO3PS3/c1-5-19-21(18,20-6-2)15(22-3)14-17-13(16(23-4)24-14)12-10-8-7-9-11-12/h7-11,17H,5-6H2,1-4H3/b15-14+. The van der Waals surface area contributed by atoms with Gasteiger partial charge < -0.3 is 14.4 Å². The number of hydrogen-bond donors (Lipinski definition) is 1. The van der Waals surface area contributed by atoms with Crippen LogP contribution in [0.5, 0.6) is 0 Å². The summed E-state index contributed by atoms with van der Waals surface area (Å²) >= 11 is 4.66. The van der Waals surface area contributed by atoms with E-state index in [4.69, 9.17) is 9.05 Å². The predicted molar refractivity (Wildman–Crippen MR) is 109 cm³/mol. The first-order chi connectivity index (χ1) is 11.6. The van der Waals surface area contributed by atoms with Crippen molar-refractivity contribution in [3.8, 4) is 0 Å². The Kier molecular flexibility index (Phi) is 7.85. The Bertz CT molecular complexity index is 666. The van der Waals surface area contributed by atoms with Crippen molar-refractivity contribution >= 4 is 48.6 Å². The summed E-state index contributed by atoms with van der Waals surface area (Å²) in [6, 6.07) is 10.1. The Labute approximate surface area is 156 Å². The number of nitrogens with one attached hydrogen (secondary N) is 1. The Hall–Kier alpha value is -0.300. The van der Waals surface area contributed by atoms with Gasteiger partial charge >= 0.3 is 7.60 Å². The molecule has 0 bridgehead atoms. The molecular weight excluding hydrogens is 381 g/mol. The number of thioether (sulfide) groups is 3. The van der Waals surface area contributed by atoms with E-state index in [9.17, 15) is 4.57 Å². The van der Waals surface area contributed by atoms with Gasteiger partial charge in [0.1, 0.15) is 9.68 Å². The molecule has 24 heavy (non-hydrogen) atoms. The van der Waals surface area contributed by atoms with Crippen LogP contribution in [0, 0.1) is 0 Å². The van der Waals surface area contributed by atoms with E-state index in [-0.39, 0.29) is 0 Å². The van der Waals surface area contributed by atoms with E-state index in [1.807, 2.05) is 44.6 Å². The van der Waals surface area contributed by atoms with E-state index in [1.54, 1.807) is 23.5 Å². The van der Waals surface area contributed by atoms with Crippen LogP contribution in [-0.2, 0) is 13.6 Å². The zero-order valence-electron chi connectivity index (χ0n) is 14.2. The molecule has 0 fully saturated rings. The van der Waals surface area contributed by atoms with Crippen LogP contribution in [0.15, 0.2) is 44.2 Å². The summed E-state index contributed by atoms with van der Waals surface area (Å²) in [5.41, 5.74) is 2.14. The Morgan fingerprint density at radius 2 is 1.79 bits per heavy atom. The molecule has 0 saturated heterocycles. The molecule has 1 N–H and O–H groups in total. The van der Waals surface area contributed by atoms with Crippen LogP contribution in [0.25, 0.3) is 5.70 Å². The quantitative estimate of drug-likeness (QED) is 0.553. The highest BCUT2D eigenvalue weighted by Crippen LogP contribution is 2.63. The normalized spacial score (nSPS) is 17.2. The van der Waals surface area contributed by atoms with Gasteiger partial charge in [0.2, 0.25) is 0 Å². The molecule has 132 valence electrons. The van der Waals surface area contributed by atoms with Crippen LogP contribution in [0.2, 0.25) is 0 Å². The molecule has 1 aromatic rings. The first kappa shape index (κ1) is 20.0. The number of rotatable bonds is 8. The van der Waals surface area contributed by atoms with E-state index in [0.29, 0.717) is 17.9 Å². The van der Waals surface area contributed by atoms with Gasteiger partial charge in [-0.05, 0) is 31.9 Å². The van der Waals surface area contributed by atoms with Crippen LogP contribution in [0.4, 0.5) is 0 Å². The lowest BCUT2D eigenvalue weighted by Gasteiger charge is -2.20. The van der Waals surface area contributed by atoms with Crippen molar-refractivity contribution in [1.29, 1.82) is 0 Å². The molecule has 4 nitrogen and oxygen atoms in total. The van der Waals surface area contributed by atoms with E-state index in [0.717, 1.165) is 20.5 Å². The van der Waals surface area contributed by atoms with Crippen LogP contribution in [0.1, 0.15) is 19.4 Å². The second-order valence-electron chi connectivity index (χ2n) is 4.63. The molecule has 0 aromatic heterocycles. The fraction of sp³-hybridized carbons (Fsp3) is 0.375. The van der Waals surface area contributed by atoms with Crippen molar-refractivity contribution in [2.75, 3.05) is 25.7 Å². The summed E-state index contributed by atoms with van der Waals surface area (Å²) in [7, 11) is -3.31. The lowest BCUT2D eigenvalue weighted by molar-refractivity contribution is 0.228. The maximum atomic E-state index is 13.2. The first-order valence-electron chi connectivity index (χ1n) is 7.56. The van der Waals surface area contributed by atoms with E-state index < -0.39 is 7.60 Å². The average molecular weight is 404 g/mol. The van der Waals surface area contributed by atoms with Crippen molar-refractivity contribution in [3.63, 3.8) is 0 Å². The fourth-order valence-electron chi connectivity index (χ4n) is 2.19. The molecule has 8 heteroatoms. The third-order valence-electron chi connectivity index (χ3n) is 3.12. The van der Waals surface area contributed by atoms with Gasteiger partial charge in [0, 0.05) is 0 Å². The van der Waals surface area contributed by atoms with Crippen LogP contribution >= 0.6 is 42.9 Å². The maximum absolute atomic E-state index is 13.2. The second kappa shape index (κ2) is 9.41. The van der Waals surface area contributed by atoms with Gasteiger partial charge in [-0.15, -0.1) is 23.5 Å². The smallest absolute Gasteiger partial charge is 0.347 e. The van der Waals surface area contributed by atoms with Crippen LogP contribution in [0.3, 0.4) is 0 Å². The summed E-state index contributed by atoms with van der Waals surface area (Å²) in [4.78, 5) is 0. The van der Waals surface area contributed by atoms with Crippen molar-refractivity contribution in [2.24, 2.45) is 0 Å². The Balaban J connectivity index is 2.41. The summed E-state index contributed by atoms with van der Waals surface area (Å²) in [5, 5.41) is 4.26. The van der Waals surface area contributed by atoms with Gasteiger partial charge in [-0.1, -0.05) is 42.1 Å². The topological polar surface area (TPSA) is 47.6 Å². The zero-order chi connectivity index (χ0) is 17.6. The highest BCUT2D eigenvalue weighted by atomic mass is 32.2. The van der Waals surface area contributed by atoms with Gasteiger partial charge in [0.25, 0.3) is 0 Å². The van der Waals surface area contributed by atoms with Gasteiger partial charge in [0.05, 0.1) is 23.1 Å². The van der Waals surface area contributed by atoms with E-state index >= 15 is 0 Å². The molecule has 1 heterocycles. The van der Waals surface area contributed by atoms with Gasteiger partial charge in [-0.2, -0.15) is 0 Å². The lowest BCUT2D eigenvalue weighted by Crippen LogP contribution is -2.08. The minimum Gasteiger partial charge on any atom is -0.347 e. The third-order valence-corrected chi connectivity index (χ3v) is 9.35. The molecular formula is C16H22NO3PS3. The van der Waals surface area contributed by atoms with Gasteiger partial charge in [0.15, 0.2) is 0 Å². The molecule has 0 atom stereocenters. The van der Waals surface area contributed by atoms with Crippen molar-refractivity contribution in [2.45, 2.75) is 13.8 Å². The fourth-order valence-corrected chi connectivity index (χ4v) is 7.43. The summed E-state index contributed by atoms with van der Waals surface area (Å²) in [6.07, 6.45) is 3.94. The lowest BCUT2D eigenvalue weighted by atomic mass is 10.2.